The van der Waals surface area contributed by atoms with Crippen LogP contribution in [0.2, 0.25) is 5.28 Å². The third kappa shape index (κ3) is 2.79. The summed E-state index contributed by atoms with van der Waals surface area (Å²) in [5.74, 6) is 0.439. The highest BCUT2D eigenvalue weighted by Gasteiger charge is 2.44. The maximum absolute atomic E-state index is 10.3. The normalized spacial score (nSPS) is 25.7. The van der Waals surface area contributed by atoms with Crippen LogP contribution in [0.25, 0.3) is 11.2 Å². The van der Waals surface area contributed by atoms with Gasteiger partial charge >= 0.3 is 0 Å². The molecule has 26 heavy (non-hydrogen) atoms. The van der Waals surface area contributed by atoms with Gasteiger partial charge in [0.25, 0.3) is 0 Å². The van der Waals surface area contributed by atoms with Crippen molar-refractivity contribution >= 4 is 34.3 Å². The highest BCUT2D eigenvalue weighted by Crippen LogP contribution is 2.35. The monoisotopic (exact) mass is 377 g/mol. The quantitative estimate of drug-likeness (QED) is 0.493. The number of ether oxygens (including phenoxy) is 1. The van der Waals surface area contributed by atoms with Crippen LogP contribution in [0, 0.1) is 0 Å². The van der Waals surface area contributed by atoms with Crippen LogP contribution in [0.1, 0.15) is 6.23 Å². The number of halogens is 1. The number of aliphatic hydroxyl groups is 3. The fourth-order valence-corrected chi connectivity index (χ4v) is 3.21. The fourth-order valence-electron chi connectivity index (χ4n) is 2.95. The van der Waals surface area contributed by atoms with E-state index in [1.165, 1.54) is 10.9 Å². The Bertz CT molecular complexity index is 922. The Balaban J connectivity index is 1.76. The Kier molecular flexibility index (Phi) is 4.47. The molecule has 0 radical (unpaired) electrons. The first-order valence-corrected chi connectivity index (χ1v) is 8.31. The van der Waals surface area contributed by atoms with Crippen LogP contribution in [-0.2, 0) is 4.74 Å². The number of aromatic nitrogens is 4. The molecule has 1 fully saturated rings. The molecule has 0 aliphatic carbocycles. The summed E-state index contributed by atoms with van der Waals surface area (Å²) >= 11 is 6.25. The predicted molar refractivity (Wildman–Crippen MR) is 93.1 cm³/mol. The zero-order chi connectivity index (χ0) is 18.3. The Hall–Kier alpha value is -2.30. The zero-order valence-electron chi connectivity index (χ0n) is 13.4. The number of nitrogens with one attached hydrogen (secondary N) is 1. The molecule has 0 bridgehead atoms. The van der Waals surface area contributed by atoms with Gasteiger partial charge in [0.1, 0.15) is 24.6 Å². The molecule has 0 amide bonds. The first-order chi connectivity index (χ1) is 12.6. The fraction of sp³-hybridized carbons (Fsp3) is 0.312. The van der Waals surface area contributed by atoms with E-state index in [9.17, 15) is 15.3 Å². The molecule has 3 aromatic rings. The molecule has 10 heteroatoms. The third-order valence-electron chi connectivity index (χ3n) is 4.24. The summed E-state index contributed by atoms with van der Waals surface area (Å²) in [7, 11) is 0. The molecule has 0 unspecified atom stereocenters. The number of rotatable bonds is 4. The Morgan fingerprint density at radius 3 is 2.62 bits per heavy atom. The van der Waals surface area contributed by atoms with Crippen molar-refractivity contribution in [3.8, 4) is 0 Å². The Morgan fingerprint density at radius 2 is 1.92 bits per heavy atom. The molecule has 4 N–H and O–H groups in total. The standard InChI is InChI=1S/C16H16ClN5O4/c17-16-21-10-13(20-8-4-2-1-3-5-8)18-7-19-14(10)22(16)15-12(25)11(24)9(6-23)26-15/h1-5,7,9,11-12,15,23-25H,6H2,(H,18,19,20)/t9-,11-,12-,15-/m1/s1. The van der Waals surface area contributed by atoms with Gasteiger partial charge in [0.15, 0.2) is 23.2 Å². The van der Waals surface area contributed by atoms with Gasteiger partial charge in [-0.05, 0) is 23.7 Å². The number of hydrogen-bond donors (Lipinski definition) is 4. The van der Waals surface area contributed by atoms with Crippen LogP contribution in [-0.4, -0.2) is 59.8 Å². The maximum atomic E-state index is 10.3. The molecule has 0 spiro atoms. The second kappa shape index (κ2) is 6.78. The average Bonchev–Trinajstić information content (AvgIpc) is 3.13. The van der Waals surface area contributed by atoms with Gasteiger partial charge in [0, 0.05) is 5.69 Å². The number of nitrogens with zero attached hydrogens (tertiary/aromatic N) is 4. The molecule has 4 rings (SSSR count). The molecule has 1 aliphatic heterocycles. The highest BCUT2D eigenvalue weighted by atomic mass is 35.5. The number of para-hydroxylation sites is 1. The lowest BCUT2D eigenvalue weighted by Gasteiger charge is -2.17. The summed E-state index contributed by atoms with van der Waals surface area (Å²) in [5.41, 5.74) is 1.53. The zero-order valence-corrected chi connectivity index (χ0v) is 14.2. The van der Waals surface area contributed by atoms with E-state index in [0.717, 1.165) is 5.69 Å². The van der Waals surface area contributed by atoms with E-state index in [4.69, 9.17) is 16.3 Å². The van der Waals surface area contributed by atoms with Crippen molar-refractivity contribution < 1.29 is 20.1 Å². The molecule has 1 saturated heterocycles. The van der Waals surface area contributed by atoms with Crippen LogP contribution >= 0.6 is 11.6 Å². The maximum Gasteiger partial charge on any atom is 0.207 e. The van der Waals surface area contributed by atoms with Gasteiger partial charge in [0.05, 0.1) is 6.61 Å². The second-order valence-electron chi connectivity index (χ2n) is 5.87. The first kappa shape index (κ1) is 17.1. The molecule has 2 aromatic heterocycles. The SMILES string of the molecule is OC[C@H]1O[C@@H](n2c(Cl)nc3c(Nc4ccccc4)ncnc32)[C@H](O)[C@@H]1O. The van der Waals surface area contributed by atoms with Crippen LogP contribution in [0.3, 0.4) is 0 Å². The lowest BCUT2D eigenvalue weighted by Crippen LogP contribution is -2.33. The number of anilines is 2. The summed E-state index contributed by atoms with van der Waals surface area (Å²) < 4.78 is 6.91. The third-order valence-corrected chi connectivity index (χ3v) is 4.51. The first-order valence-electron chi connectivity index (χ1n) is 7.93. The molecule has 4 atom stereocenters. The Labute approximate surface area is 152 Å². The Morgan fingerprint density at radius 1 is 1.15 bits per heavy atom. The summed E-state index contributed by atoms with van der Waals surface area (Å²) in [5, 5.41) is 32.7. The predicted octanol–water partition coefficient (Wildman–Crippen LogP) is 0.835. The van der Waals surface area contributed by atoms with E-state index in [1.807, 2.05) is 30.3 Å². The van der Waals surface area contributed by atoms with Gasteiger partial charge in [-0.3, -0.25) is 4.57 Å². The minimum absolute atomic E-state index is 0.0199. The molecule has 3 heterocycles. The van der Waals surface area contributed by atoms with Gasteiger partial charge in [-0.1, -0.05) is 18.2 Å². The molecular formula is C16H16ClN5O4. The van der Waals surface area contributed by atoms with Crippen molar-refractivity contribution in [2.24, 2.45) is 0 Å². The van der Waals surface area contributed by atoms with Gasteiger partial charge in [0.2, 0.25) is 5.28 Å². The van der Waals surface area contributed by atoms with Crippen LogP contribution < -0.4 is 5.32 Å². The van der Waals surface area contributed by atoms with E-state index in [2.05, 4.69) is 20.3 Å². The van der Waals surface area contributed by atoms with Crippen molar-refractivity contribution in [1.29, 1.82) is 0 Å². The van der Waals surface area contributed by atoms with Crippen molar-refractivity contribution in [2.75, 3.05) is 11.9 Å². The van der Waals surface area contributed by atoms with E-state index < -0.39 is 31.1 Å². The van der Waals surface area contributed by atoms with Crippen molar-refractivity contribution in [2.45, 2.75) is 24.5 Å². The summed E-state index contributed by atoms with van der Waals surface area (Å²) in [4.78, 5) is 12.7. The van der Waals surface area contributed by atoms with Gasteiger partial charge in [-0.25, -0.2) is 15.0 Å². The smallest absolute Gasteiger partial charge is 0.207 e. The lowest BCUT2D eigenvalue weighted by molar-refractivity contribution is -0.0509. The minimum atomic E-state index is -1.29. The van der Waals surface area contributed by atoms with Crippen molar-refractivity contribution in [1.82, 2.24) is 19.5 Å². The van der Waals surface area contributed by atoms with Gasteiger partial charge in [-0.15, -0.1) is 0 Å². The van der Waals surface area contributed by atoms with Crippen LogP contribution in [0.5, 0.6) is 0 Å². The molecule has 1 aliphatic rings. The largest absolute Gasteiger partial charge is 0.394 e. The van der Waals surface area contributed by atoms with Crippen LogP contribution in [0.4, 0.5) is 11.5 Å². The van der Waals surface area contributed by atoms with Crippen molar-refractivity contribution in [3.63, 3.8) is 0 Å². The van der Waals surface area contributed by atoms with Gasteiger partial charge in [-0.2, -0.15) is 0 Å². The number of benzene rings is 1. The van der Waals surface area contributed by atoms with Crippen molar-refractivity contribution in [3.05, 3.63) is 41.9 Å². The molecular weight excluding hydrogens is 362 g/mol. The number of imidazole rings is 1. The topological polar surface area (TPSA) is 126 Å². The summed E-state index contributed by atoms with van der Waals surface area (Å²) in [6, 6.07) is 9.40. The highest BCUT2D eigenvalue weighted by molar-refractivity contribution is 6.29. The van der Waals surface area contributed by atoms with E-state index in [0.29, 0.717) is 17.0 Å². The number of fused-ring (bicyclic) bond motifs is 1. The lowest BCUT2D eigenvalue weighted by atomic mass is 10.1. The molecule has 136 valence electrons. The molecule has 9 nitrogen and oxygen atoms in total. The van der Waals surface area contributed by atoms with E-state index in [-0.39, 0.29) is 5.28 Å². The van der Waals surface area contributed by atoms with Gasteiger partial charge < -0.3 is 25.4 Å². The molecule has 1 aromatic carbocycles. The van der Waals surface area contributed by atoms with E-state index >= 15 is 0 Å². The number of hydrogen-bond acceptors (Lipinski definition) is 8. The second-order valence-corrected chi connectivity index (χ2v) is 6.20. The molecule has 0 saturated carbocycles. The summed E-state index contributed by atoms with van der Waals surface area (Å²) in [6.07, 6.45) is -3.15. The minimum Gasteiger partial charge on any atom is -0.394 e. The summed E-state index contributed by atoms with van der Waals surface area (Å²) in [6.45, 7) is -0.436. The number of aliphatic hydroxyl groups excluding tert-OH is 3. The van der Waals surface area contributed by atoms with E-state index in [1.54, 1.807) is 0 Å². The van der Waals surface area contributed by atoms with Crippen LogP contribution in [0.15, 0.2) is 36.7 Å². The average molecular weight is 378 g/mol.